The third kappa shape index (κ3) is 4.61. The molecule has 1 rings (SSSR count). The van der Waals surface area contributed by atoms with Crippen LogP contribution in [0.15, 0.2) is 0 Å². The molecule has 2 N–H and O–H groups in total. The van der Waals surface area contributed by atoms with E-state index in [0.29, 0.717) is 6.42 Å². The summed E-state index contributed by atoms with van der Waals surface area (Å²) in [4.78, 5) is 22.3. The summed E-state index contributed by atoms with van der Waals surface area (Å²) in [6.45, 7) is -0.121. The molecule has 1 fully saturated rings. The molecule has 0 aliphatic carbocycles. The van der Waals surface area contributed by atoms with Gasteiger partial charge in [0, 0.05) is 13.5 Å². The van der Waals surface area contributed by atoms with Crippen molar-refractivity contribution in [3.8, 4) is 0 Å². The number of nitrogens with one attached hydrogen (secondary N) is 1. The van der Waals surface area contributed by atoms with Gasteiger partial charge in [-0.05, 0) is 12.3 Å². The molecule has 1 aliphatic heterocycles. The van der Waals surface area contributed by atoms with Crippen molar-refractivity contribution in [1.82, 2.24) is 5.32 Å². The lowest BCUT2D eigenvalue weighted by Crippen LogP contribution is -2.44. The van der Waals surface area contributed by atoms with Crippen molar-refractivity contribution < 1.29 is 27.9 Å². The second-order valence-corrected chi connectivity index (χ2v) is 6.62. The van der Waals surface area contributed by atoms with Crippen LogP contribution >= 0.6 is 0 Å². The topological polar surface area (TPSA) is 110 Å². The van der Waals surface area contributed by atoms with Gasteiger partial charge >= 0.3 is 5.97 Å². The summed E-state index contributed by atoms with van der Waals surface area (Å²) in [6.07, 6.45) is 0.491. The molecule has 0 aromatic heterocycles. The largest absolute Gasteiger partial charge is 0.480 e. The van der Waals surface area contributed by atoms with Gasteiger partial charge in [0.15, 0.2) is 15.9 Å². The number of rotatable bonds is 6. The molecule has 1 heterocycles. The molecule has 8 heteroatoms. The molecule has 18 heavy (non-hydrogen) atoms. The smallest absolute Gasteiger partial charge is 0.328 e. The lowest BCUT2D eigenvalue weighted by atomic mass is 10.0. The van der Waals surface area contributed by atoms with Crippen LogP contribution in [0.5, 0.6) is 0 Å². The first-order valence-corrected chi connectivity index (χ1v) is 7.37. The van der Waals surface area contributed by atoms with Gasteiger partial charge in [0.2, 0.25) is 5.91 Å². The minimum Gasteiger partial charge on any atom is -0.480 e. The number of carbonyl (C=O) groups excluding carboxylic acids is 1. The van der Waals surface area contributed by atoms with E-state index < -0.39 is 27.8 Å². The Kier molecular flexibility index (Phi) is 5.09. The Bertz CT molecular complexity index is 418. The van der Waals surface area contributed by atoms with Crippen molar-refractivity contribution in [1.29, 1.82) is 0 Å². The molecule has 0 aromatic rings. The third-order valence-electron chi connectivity index (χ3n) is 2.77. The number of methoxy groups -OCH3 is 1. The van der Waals surface area contributed by atoms with Crippen LogP contribution in [0.3, 0.4) is 0 Å². The van der Waals surface area contributed by atoms with Crippen LogP contribution in [-0.2, 0) is 24.2 Å². The summed E-state index contributed by atoms with van der Waals surface area (Å²) in [5, 5.41) is 11.1. The number of ether oxygens (including phenoxy) is 1. The SMILES string of the molecule is COCC(NC(=O)CC1CCS(=O)(=O)C1)C(=O)O. The van der Waals surface area contributed by atoms with Gasteiger partial charge in [-0.2, -0.15) is 0 Å². The number of carboxylic acid groups (broad SMARTS) is 1. The van der Waals surface area contributed by atoms with E-state index in [4.69, 9.17) is 5.11 Å². The Balaban J connectivity index is 2.44. The maximum absolute atomic E-state index is 11.6. The standard InChI is InChI=1S/C10H17NO6S/c1-17-5-8(10(13)14)11-9(12)4-7-2-3-18(15,16)6-7/h7-8H,2-6H2,1H3,(H,11,12)(H,13,14). The van der Waals surface area contributed by atoms with Crippen molar-refractivity contribution in [2.24, 2.45) is 5.92 Å². The minimum absolute atomic E-state index is 0.00242. The van der Waals surface area contributed by atoms with E-state index in [9.17, 15) is 18.0 Å². The van der Waals surface area contributed by atoms with Crippen LogP contribution in [0.1, 0.15) is 12.8 Å². The highest BCUT2D eigenvalue weighted by Crippen LogP contribution is 2.21. The van der Waals surface area contributed by atoms with Crippen molar-refractivity contribution in [2.75, 3.05) is 25.2 Å². The van der Waals surface area contributed by atoms with E-state index in [-0.39, 0.29) is 30.5 Å². The van der Waals surface area contributed by atoms with E-state index in [0.717, 1.165) is 0 Å². The number of hydrogen-bond donors (Lipinski definition) is 2. The molecule has 2 atom stereocenters. The van der Waals surface area contributed by atoms with Crippen LogP contribution in [0.4, 0.5) is 0 Å². The highest BCUT2D eigenvalue weighted by atomic mass is 32.2. The molecule has 0 saturated carbocycles. The van der Waals surface area contributed by atoms with Crippen LogP contribution < -0.4 is 5.32 Å². The van der Waals surface area contributed by atoms with Crippen LogP contribution in [0, 0.1) is 5.92 Å². The molecular formula is C10H17NO6S. The second-order valence-electron chi connectivity index (χ2n) is 4.39. The Morgan fingerprint density at radius 1 is 1.50 bits per heavy atom. The lowest BCUT2D eigenvalue weighted by molar-refractivity contribution is -0.143. The monoisotopic (exact) mass is 279 g/mol. The minimum atomic E-state index is -3.02. The average Bonchev–Trinajstić information content (AvgIpc) is 2.57. The molecule has 7 nitrogen and oxygen atoms in total. The molecule has 0 bridgehead atoms. The Hall–Kier alpha value is -1.15. The second kappa shape index (κ2) is 6.14. The van der Waals surface area contributed by atoms with Gasteiger partial charge in [-0.1, -0.05) is 0 Å². The van der Waals surface area contributed by atoms with Gasteiger partial charge in [0.05, 0.1) is 18.1 Å². The van der Waals surface area contributed by atoms with E-state index >= 15 is 0 Å². The summed E-state index contributed by atoms with van der Waals surface area (Å²) in [5.41, 5.74) is 0. The predicted octanol–water partition coefficient (Wildman–Crippen LogP) is -0.973. The first-order valence-electron chi connectivity index (χ1n) is 5.55. The van der Waals surface area contributed by atoms with Crippen LogP contribution in [0.2, 0.25) is 0 Å². The summed E-state index contributed by atoms with van der Waals surface area (Å²) >= 11 is 0. The molecule has 2 unspecified atom stereocenters. The zero-order valence-corrected chi connectivity index (χ0v) is 10.9. The molecule has 1 saturated heterocycles. The fourth-order valence-corrected chi connectivity index (χ4v) is 3.75. The molecule has 0 aromatic carbocycles. The van der Waals surface area contributed by atoms with Crippen molar-refractivity contribution >= 4 is 21.7 Å². The molecule has 1 amide bonds. The molecule has 0 radical (unpaired) electrons. The summed E-state index contributed by atoms with van der Waals surface area (Å²) in [7, 11) is -1.68. The Morgan fingerprint density at radius 3 is 2.61 bits per heavy atom. The zero-order chi connectivity index (χ0) is 13.8. The third-order valence-corrected chi connectivity index (χ3v) is 4.60. The van der Waals surface area contributed by atoms with Gasteiger partial charge in [-0.25, -0.2) is 13.2 Å². The van der Waals surface area contributed by atoms with Gasteiger partial charge in [-0.3, -0.25) is 4.79 Å². The maximum Gasteiger partial charge on any atom is 0.328 e. The first-order chi connectivity index (χ1) is 8.34. The molecule has 0 spiro atoms. The molecular weight excluding hydrogens is 262 g/mol. The van der Waals surface area contributed by atoms with Crippen molar-refractivity contribution in [3.63, 3.8) is 0 Å². The summed E-state index contributed by atoms with van der Waals surface area (Å²) < 4.78 is 27.1. The fraction of sp³-hybridized carbons (Fsp3) is 0.800. The number of carboxylic acids is 1. The highest BCUT2D eigenvalue weighted by molar-refractivity contribution is 7.91. The van der Waals surface area contributed by atoms with Gasteiger partial charge < -0.3 is 15.2 Å². The van der Waals surface area contributed by atoms with E-state index in [1.165, 1.54) is 7.11 Å². The first kappa shape index (κ1) is 14.9. The fourth-order valence-electron chi connectivity index (χ4n) is 1.89. The highest BCUT2D eigenvalue weighted by Gasteiger charge is 2.30. The zero-order valence-electron chi connectivity index (χ0n) is 10.1. The van der Waals surface area contributed by atoms with Gasteiger partial charge in [0.1, 0.15) is 0 Å². The number of sulfone groups is 1. The summed E-state index contributed by atoms with van der Waals surface area (Å²) in [6, 6.07) is -1.10. The number of hydrogen-bond acceptors (Lipinski definition) is 5. The van der Waals surface area contributed by atoms with E-state index in [1.54, 1.807) is 0 Å². The van der Waals surface area contributed by atoms with Crippen molar-refractivity contribution in [2.45, 2.75) is 18.9 Å². The van der Waals surface area contributed by atoms with Gasteiger partial charge in [-0.15, -0.1) is 0 Å². The maximum atomic E-state index is 11.6. The average molecular weight is 279 g/mol. The Labute approximate surface area is 105 Å². The quantitative estimate of drug-likeness (QED) is 0.647. The molecule has 1 aliphatic rings. The normalized spacial score (nSPS) is 23.5. The van der Waals surface area contributed by atoms with E-state index in [1.807, 2.05) is 0 Å². The van der Waals surface area contributed by atoms with Crippen molar-refractivity contribution in [3.05, 3.63) is 0 Å². The number of amides is 1. The number of carbonyl (C=O) groups is 2. The van der Waals surface area contributed by atoms with Crippen LogP contribution in [0.25, 0.3) is 0 Å². The Morgan fingerprint density at radius 2 is 2.17 bits per heavy atom. The predicted molar refractivity (Wildman–Crippen MR) is 62.8 cm³/mol. The number of aliphatic carboxylic acids is 1. The lowest BCUT2D eigenvalue weighted by Gasteiger charge is -2.14. The summed E-state index contributed by atoms with van der Waals surface area (Å²) in [5.74, 6) is -1.74. The van der Waals surface area contributed by atoms with Gasteiger partial charge in [0.25, 0.3) is 0 Å². The van der Waals surface area contributed by atoms with E-state index in [2.05, 4.69) is 10.1 Å². The van der Waals surface area contributed by atoms with Crippen LogP contribution in [-0.4, -0.2) is 56.7 Å². The molecule has 104 valence electrons.